The summed E-state index contributed by atoms with van der Waals surface area (Å²) >= 11 is 5.98. The average molecular weight is 287 g/mol. The van der Waals surface area contributed by atoms with Crippen LogP contribution in [-0.2, 0) is 0 Å². The van der Waals surface area contributed by atoms with Crippen LogP contribution in [0, 0.1) is 18.3 Å². The summed E-state index contributed by atoms with van der Waals surface area (Å²) in [7, 11) is 0. The van der Waals surface area contributed by atoms with E-state index in [4.69, 9.17) is 16.9 Å². The fraction of sp³-hybridized carbons (Fsp3) is 0.0667. The number of phenols is 1. The highest BCUT2D eigenvalue weighted by Crippen LogP contribution is 2.25. The van der Waals surface area contributed by atoms with Crippen LogP contribution in [0.3, 0.4) is 0 Å². The summed E-state index contributed by atoms with van der Waals surface area (Å²) in [6.45, 7) is 1.82. The van der Waals surface area contributed by atoms with E-state index in [2.05, 4.69) is 5.32 Å². The van der Waals surface area contributed by atoms with Gasteiger partial charge in [0.05, 0.1) is 27.9 Å². The molecule has 2 aromatic rings. The highest BCUT2D eigenvalue weighted by atomic mass is 35.5. The number of nitrogens with one attached hydrogen (secondary N) is 1. The van der Waals surface area contributed by atoms with Crippen molar-refractivity contribution >= 4 is 23.2 Å². The Morgan fingerprint density at radius 1 is 1.30 bits per heavy atom. The lowest BCUT2D eigenvalue weighted by Crippen LogP contribution is -2.12. The summed E-state index contributed by atoms with van der Waals surface area (Å²) in [5.74, 6) is -0.560. The van der Waals surface area contributed by atoms with Crippen molar-refractivity contribution in [1.29, 1.82) is 5.26 Å². The summed E-state index contributed by atoms with van der Waals surface area (Å²) < 4.78 is 0. The van der Waals surface area contributed by atoms with E-state index in [1.165, 1.54) is 12.1 Å². The van der Waals surface area contributed by atoms with E-state index in [0.29, 0.717) is 11.3 Å². The van der Waals surface area contributed by atoms with Gasteiger partial charge in [0, 0.05) is 0 Å². The number of benzene rings is 2. The molecule has 20 heavy (non-hydrogen) atoms. The topological polar surface area (TPSA) is 73.1 Å². The number of rotatable bonds is 2. The number of nitriles is 1. The SMILES string of the molecule is Cc1ccc(O)c(C(=O)Nc2ccc(C#N)cc2Cl)c1. The zero-order chi connectivity index (χ0) is 14.7. The third kappa shape index (κ3) is 2.90. The Balaban J connectivity index is 2.28. The molecule has 0 radical (unpaired) electrons. The van der Waals surface area contributed by atoms with Crippen LogP contribution in [0.25, 0.3) is 0 Å². The smallest absolute Gasteiger partial charge is 0.259 e. The number of halogens is 1. The minimum atomic E-state index is -0.460. The molecule has 0 heterocycles. The van der Waals surface area contributed by atoms with Crippen molar-refractivity contribution in [2.75, 3.05) is 5.32 Å². The van der Waals surface area contributed by atoms with E-state index in [-0.39, 0.29) is 16.3 Å². The van der Waals surface area contributed by atoms with E-state index < -0.39 is 5.91 Å². The number of phenolic OH excluding ortho intramolecular Hbond substituents is 1. The molecule has 0 unspecified atom stereocenters. The predicted molar refractivity (Wildman–Crippen MR) is 77.0 cm³/mol. The first-order valence-corrected chi connectivity index (χ1v) is 6.19. The molecule has 4 nitrogen and oxygen atoms in total. The van der Waals surface area contributed by atoms with Crippen LogP contribution in [0.1, 0.15) is 21.5 Å². The van der Waals surface area contributed by atoms with Gasteiger partial charge in [0.2, 0.25) is 0 Å². The first kappa shape index (κ1) is 13.9. The van der Waals surface area contributed by atoms with E-state index in [9.17, 15) is 9.90 Å². The quantitative estimate of drug-likeness (QED) is 0.887. The third-order valence-corrected chi connectivity index (χ3v) is 3.06. The molecule has 0 atom stereocenters. The van der Waals surface area contributed by atoms with Crippen molar-refractivity contribution in [2.45, 2.75) is 6.92 Å². The Hall–Kier alpha value is -2.51. The maximum Gasteiger partial charge on any atom is 0.259 e. The maximum atomic E-state index is 12.1. The zero-order valence-corrected chi connectivity index (χ0v) is 11.4. The summed E-state index contributed by atoms with van der Waals surface area (Å²) in [6.07, 6.45) is 0. The van der Waals surface area contributed by atoms with Crippen molar-refractivity contribution in [1.82, 2.24) is 0 Å². The van der Waals surface area contributed by atoms with Crippen LogP contribution in [-0.4, -0.2) is 11.0 Å². The number of hydrogen-bond donors (Lipinski definition) is 2. The van der Waals surface area contributed by atoms with Crippen LogP contribution in [0.15, 0.2) is 36.4 Å². The second kappa shape index (κ2) is 5.64. The first-order chi connectivity index (χ1) is 9.51. The standard InChI is InChI=1S/C15H11ClN2O2/c1-9-2-5-14(19)11(6-9)15(20)18-13-4-3-10(8-17)7-12(13)16/h2-7,19H,1H3,(H,18,20). The van der Waals surface area contributed by atoms with Crippen LogP contribution in [0.5, 0.6) is 5.75 Å². The number of aromatic hydroxyl groups is 1. The lowest BCUT2D eigenvalue weighted by atomic mass is 10.1. The maximum absolute atomic E-state index is 12.1. The number of hydrogen-bond acceptors (Lipinski definition) is 3. The van der Waals surface area contributed by atoms with Gasteiger partial charge in [-0.25, -0.2) is 0 Å². The number of carbonyl (C=O) groups is 1. The molecule has 0 bridgehead atoms. The van der Waals surface area contributed by atoms with E-state index in [0.717, 1.165) is 5.56 Å². The Bertz CT molecular complexity index is 720. The second-order valence-corrected chi connectivity index (χ2v) is 4.69. The third-order valence-electron chi connectivity index (χ3n) is 2.74. The fourth-order valence-corrected chi connectivity index (χ4v) is 1.94. The number of carbonyl (C=O) groups excluding carboxylic acids is 1. The Labute approximate surface area is 121 Å². The second-order valence-electron chi connectivity index (χ2n) is 4.28. The number of amides is 1. The molecule has 0 aliphatic heterocycles. The molecule has 5 heteroatoms. The summed E-state index contributed by atoms with van der Waals surface area (Å²) in [5, 5.41) is 21.3. The number of anilines is 1. The summed E-state index contributed by atoms with van der Waals surface area (Å²) in [5.41, 5.74) is 1.83. The lowest BCUT2D eigenvalue weighted by molar-refractivity contribution is 0.102. The molecule has 0 spiro atoms. The van der Waals surface area contributed by atoms with Crippen molar-refractivity contribution in [3.63, 3.8) is 0 Å². The minimum Gasteiger partial charge on any atom is -0.507 e. The molecule has 100 valence electrons. The minimum absolute atomic E-state index is 0.0992. The van der Waals surface area contributed by atoms with Gasteiger partial charge >= 0.3 is 0 Å². The average Bonchev–Trinajstić information content (AvgIpc) is 2.43. The molecule has 0 saturated heterocycles. The van der Waals surface area contributed by atoms with Gasteiger partial charge in [-0.2, -0.15) is 5.26 Å². The summed E-state index contributed by atoms with van der Waals surface area (Å²) in [6, 6.07) is 11.3. The number of aryl methyl sites for hydroxylation is 1. The van der Waals surface area contributed by atoms with Crippen LogP contribution >= 0.6 is 11.6 Å². The molecular weight excluding hydrogens is 276 g/mol. The molecule has 0 saturated carbocycles. The number of nitrogens with zero attached hydrogens (tertiary/aromatic N) is 1. The predicted octanol–water partition coefficient (Wildman–Crippen LogP) is 3.48. The van der Waals surface area contributed by atoms with E-state index in [1.807, 2.05) is 13.0 Å². The van der Waals surface area contributed by atoms with Gasteiger partial charge in [-0.05, 0) is 37.3 Å². The zero-order valence-electron chi connectivity index (χ0n) is 10.6. The largest absolute Gasteiger partial charge is 0.507 e. The Morgan fingerprint density at radius 3 is 2.70 bits per heavy atom. The molecule has 0 aromatic heterocycles. The normalized spacial score (nSPS) is 9.85. The molecule has 1 amide bonds. The molecule has 0 aliphatic rings. The highest BCUT2D eigenvalue weighted by Gasteiger charge is 2.13. The van der Waals surface area contributed by atoms with Crippen molar-refractivity contribution in [3.8, 4) is 11.8 Å². The van der Waals surface area contributed by atoms with Gasteiger partial charge in [0.25, 0.3) is 5.91 Å². The van der Waals surface area contributed by atoms with Crippen LogP contribution < -0.4 is 5.32 Å². The van der Waals surface area contributed by atoms with Crippen molar-refractivity contribution in [2.24, 2.45) is 0 Å². The van der Waals surface area contributed by atoms with Crippen LogP contribution in [0.4, 0.5) is 5.69 Å². The first-order valence-electron chi connectivity index (χ1n) is 5.82. The van der Waals surface area contributed by atoms with Crippen LogP contribution in [0.2, 0.25) is 5.02 Å². The van der Waals surface area contributed by atoms with Gasteiger partial charge < -0.3 is 10.4 Å². The Kier molecular flexibility index (Phi) is 3.92. The van der Waals surface area contributed by atoms with Gasteiger partial charge in [0.1, 0.15) is 5.75 Å². The van der Waals surface area contributed by atoms with E-state index >= 15 is 0 Å². The lowest BCUT2D eigenvalue weighted by Gasteiger charge is -2.09. The molecular formula is C15H11ClN2O2. The molecule has 0 aliphatic carbocycles. The van der Waals surface area contributed by atoms with Crippen molar-refractivity contribution in [3.05, 3.63) is 58.1 Å². The Morgan fingerprint density at radius 2 is 2.05 bits per heavy atom. The van der Waals surface area contributed by atoms with E-state index in [1.54, 1.807) is 24.3 Å². The molecule has 2 N–H and O–H groups in total. The van der Waals surface area contributed by atoms with Gasteiger partial charge in [-0.3, -0.25) is 4.79 Å². The van der Waals surface area contributed by atoms with Gasteiger partial charge in [0.15, 0.2) is 0 Å². The van der Waals surface area contributed by atoms with Gasteiger partial charge in [-0.15, -0.1) is 0 Å². The monoisotopic (exact) mass is 286 g/mol. The van der Waals surface area contributed by atoms with Gasteiger partial charge in [-0.1, -0.05) is 23.2 Å². The molecule has 0 fully saturated rings. The highest BCUT2D eigenvalue weighted by molar-refractivity contribution is 6.34. The summed E-state index contributed by atoms with van der Waals surface area (Å²) in [4.78, 5) is 12.1. The van der Waals surface area contributed by atoms with Crippen molar-refractivity contribution < 1.29 is 9.90 Å². The fourth-order valence-electron chi connectivity index (χ4n) is 1.71. The molecule has 2 aromatic carbocycles. The molecule has 2 rings (SSSR count).